The minimum atomic E-state index is -4.14. The molecule has 0 aromatic carbocycles. The van der Waals surface area contributed by atoms with Crippen LogP contribution in [0.15, 0.2) is 18.3 Å². The van der Waals surface area contributed by atoms with Crippen molar-refractivity contribution in [3.8, 4) is 0 Å². The van der Waals surface area contributed by atoms with Crippen molar-refractivity contribution in [3.63, 3.8) is 0 Å². The number of aryl methyl sites for hydroxylation is 1. The summed E-state index contributed by atoms with van der Waals surface area (Å²) >= 11 is 0. The molecule has 1 aliphatic carbocycles. The van der Waals surface area contributed by atoms with E-state index in [0.29, 0.717) is 19.3 Å². The predicted octanol–water partition coefficient (Wildman–Crippen LogP) is 3.66. The smallest absolute Gasteiger partial charge is 0.391 e. The van der Waals surface area contributed by atoms with Crippen LogP contribution in [-0.2, 0) is 6.42 Å². The molecule has 0 amide bonds. The lowest BCUT2D eigenvalue weighted by atomic mass is 9.77. The van der Waals surface area contributed by atoms with Crippen LogP contribution in [0.5, 0.6) is 0 Å². The maximum absolute atomic E-state index is 12.8. The zero-order valence-corrected chi connectivity index (χ0v) is 11.5. The molecule has 1 fully saturated rings. The Hall–Kier alpha value is -1.10. The number of alkyl halides is 3. The van der Waals surface area contributed by atoms with Crippen LogP contribution in [0.25, 0.3) is 0 Å². The number of rotatable bonds is 3. The van der Waals surface area contributed by atoms with E-state index < -0.39 is 18.2 Å². The number of pyridine rings is 1. The van der Waals surface area contributed by atoms with E-state index in [1.54, 1.807) is 6.20 Å². The number of hydrogen-bond donors (Lipinski definition) is 1. The van der Waals surface area contributed by atoms with E-state index in [-0.39, 0.29) is 18.8 Å². The Kier molecular flexibility index (Phi) is 4.68. The van der Waals surface area contributed by atoms with Crippen LogP contribution in [0.3, 0.4) is 0 Å². The van der Waals surface area contributed by atoms with E-state index in [0.717, 1.165) is 11.3 Å². The van der Waals surface area contributed by atoms with Gasteiger partial charge in [-0.15, -0.1) is 0 Å². The molecule has 0 radical (unpaired) electrons. The first-order valence-corrected chi connectivity index (χ1v) is 7.03. The molecular weight excluding hydrogens is 267 g/mol. The van der Waals surface area contributed by atoms with Gasteiger partial charge in [0.2, 0.25) is 0 Å². The Morgan fingerprint density at radius 2 is 2.15 bits per heavy atom. The summed E-state index contributed by atoms with van der Waals surface area (Å²) in [6.07, 6.45) is -1.47. The van der Waals surface area contributed by atoms with Crippen molar-refractivity contribution in [2.75, 3.05) is 0 Å². The van der Waals surface area contributed by atoms with Crippen LogP contribution in [0.2, 0.25) is 0 Å². The molecule has 1 N–H and O–H groups in total. The molecule has 1 aliphatic rings. The van der Waals surface area contributed by atoms with Gasteiger partial charge < -0.3 is 5.11 Å². The molecule has 1 aromatic rings. The molecule has 112 valence electrons. The molecule has 3 unspecified atom stereocenters. The first-order chi connectivity index (χ1) is 9.38. The summed E-state index contributed by atoms with van der Waals surface area (Å²) in [6.45, 7) is 1.90. The minimum absolute atomic E-state index is 0.0382. The van der Waals surface area contributed by atoms with Gasteiger partial charge in [0.1, 0.15) is 0 Å². The van der Waals surface area contributed by atoms with Crippen LogP contribution in [0, 0.1) is 18.8 Å². The van der Waals surface area contributed by atoms with Crippen molar-refractivity contribution in [1.82, 2.24) is 4.98 Å². The maximum Gasteiger partial charge on any atom is 0.391 e. The second-order valence-electron chi connectivity index (χ2n) is 5.70. The maximum atomic E-state index is 12.8. The number of aliphatic hydroxyl groups is 1. The average molecular weight is 287 g/mol. The van der Waals surface area contributed by atoms with Crippen LogP contribution < -0.4 is 0 Å². The minimum Gasteiger partial charge on any atom is -0.392 e. The molecule has 0 bridgehead atoms. The van der Waals surface area contributed by atoms with Gasteiger partial charge in [-0.25, -0.2) is 0 Å². The molecule has 1 aromatic heterocycles. The molecular formula is C15H20F3NO. The zero-order valence-electron chi connectivity index (χ0n) is 11.5. The first kappa shape index (κ1) is 15.3. The summed E-state index contributed by atoms with van der Waals surface area (Å²) in [5.41, 5.74) is 1.74. The van der Waals surface area contributed by atoms with Crippen molar-refractivity contribution in [1.29, 1.82) is 0 Å². The molecule has 0 saturated heterocycles. The second-order valence-corrected chi connectivity index (χ2v) is 5.70. The lowest BCUT2D eigenvalue weighted by Crippen LogP contribution is -2.34. The van der Waals surface area contributed by atoms with Gasteiger partial charge in [0.05, 0.1) is 12.0 Å². The largest absolute Gasteiger partial charge is 0.392 e. The van der Waals surface area contributed by atoms with Crippen LogP contribution in [0.4, 0.5) is 13.2 Å². The fraction of sp³-hybridized carbons (Fsp3) is 0.667. The van der Waals surface area contributed by atoms with Crippen LogP contribution in [-0.4, -0.2) is 22.4 Å². The van der Waals surface area contributed by atoms with Gasteiger partial charge in [-0.2, -0.15) is 13.2 Å². The summed E-state index contributed by atoms with van der Waals surface area (Å²) in [5.74, 6) is -1.54. The Balaban J connectivity index is 1.99. The van der Waals surface area contributed by atoms with Crippen molar-refractivity contribution in [2.45, 2.75) is 51.3 Å². The van der Waals surface area contributed by atoms with Gasteiger partial charge in [-0.3, -0.25) is 4.98 Å². The van der Waals surface area contributed by atoms with E-state index in [1.807, 2.05) is 19.1 Å². The fourth-order valence-electron chi connectivity index (χ4n) is 2.97. The van der Waals surface area contributed by atoms with E-state index in [9.17, 15) is 18.3 Å². The third-order valence-corrected chi connectivity index (χ3v) is 4.24. The molecule has 1 saturated carbocycles. The highest BCUT2D eigenvalue weighted by Gasteiger charge is 2.43. The van der Waals surface area contributed by atoms with Crippen LogP contribution >= 0.6 is 0 Å². The summed E-state index contributed by atoms with van der Waals surface area (Å²) in [4.78, 5) is 4.20. The van der Waals surface area contributed by atoms with E-state index in [2.05, 4.69) is 4.98 Å². The predicted molar refractivity (Wildman–Crippen MR) is 70.2 cm³/mol. The Morgan fingerprint density at radius 3 is 2.80 bits per heavy atom. The molecule has 1 heterocycles. The third-order valence-electron chi connectivity index (χ3n) is 4.24. The van der Waals surface area contributed by atoms with Crippen molar-refractivity contribution < 1.29 is 18.3 Å². The highest BCUT2D eigenvalue weighted by molar-refractivity contribution is 5.18. The van der Waals surface area contributed by atoms with Gasteiger partial charge in [0.25, 0.3) is 0 Å². The van der Waals surface area contributed by atoms with Gasteiger partial charge in [0, 0.05) is 18.3 Å². The zero-order chi connectivity index (χ0) is 14.8. The number of aromatic nitrogens is 1. The van der Waals surface area contributed by atoms with Crippen molar-refractivity contribution in [3.05, 3.63) is 29.6 Å². The quantitative estimate of drug-likeness (QED) is 0.920. The van der Waals surface area contributed by atoms with Gasteiger partial charge in [0.15, 0.2) is 0 Å². The second kappa shape index (κ2) is 6.12. The summed E-state index contributed by atoms with van der Waals surface area (Å²) < 4.78 is 38.3. The summed E-state index contributed by atoms with van der Waals surface area (Å²) in [5, 5.41) is 10.2. The molecule has 2 nitrogen and oxygen atoms in total. The van der Waals surface area contributed by atoms with Gasteiger partial charge in [-0.1, -0.05) is 12.5 Å². The highest BCUT2D eigenvalue weighted by Crippen LogP contribution is 2.41. The Bertz CT molecular complexity index is 447. The van der Waals surface area contributed by atoms with Crippen LogP contribution in [0.1, 0.15) is 36.9 Å². The summed E-state index contributed by atoms with van der Waals surface area (Å²) in [6, 6.07) is 3.71. The van der Waals surface area contributed by atoms with E-state index >= 15 is 0 Å². The molecule has 0 spiro atoms. The SMILES string of the molecule is Cc1cccnc1CC(O)C1CCCC(C(F)(F)F)C1. The van der Waals surface area contributed by atoms with Crippen molar-refractivity contribution in [2.24, 2.45) is 11.8 Å². The number of hydrogen-bond acceptors (Lipinski definition) is 2. The third kappa shape index (κ3) is 3.72. The van der Waals surface area contributed by atoms with Gasteiger partial charge >= 0.3 is 6.18 Å². The highest BCUT2D eigenvalue weighted by atomic mass is 19.4. The monoisotopic (exact) mass is 287 g/mol. The number of aliphatic hydroxyl groups excluding tert-OH is 1. The number of halogens is 3. The fourth-order valence-corrected chi connectivity index (χ4v) is 2.97. The Labute approximate surface area is 117 Å². The topological polar surface area (TPSA) is 33.1 Å². The molecule has 20 heavy (non-hydrogen) atoms. The van der Waals surface area contributed by atoms with Gasteiger partial charge in [-0.05, 0) is 43.7 Å². The average Bonchev–Trinajstić information content (AvgIpc) is 2.40. The normalized spacial score (nSPS) is 25.4. The first-order valence-electron chi connectivity index (χ1n) is 7.03. The standard InChI is InChI=1S/C15H20F3NO/c1-10-4-3-7-19-13(10)9-14(20)11-5-2-6-12(8-11)15(16,17)18/h3-4,7,11-12,14,20H,2,5-6,8-9H2,1H3. The molecule has 3 atom stereocenters. The van der Waals surface area contributed by atoms with E-state index in [1.165, 1.54) is 0 Å². The number of nitrogens with zero attached hydrogens (tertiary/aromatic N) is 1. The molecule has 5 heteroatoms. The Morgan fingerprint density at radius 1 is 1.40 bits per heavy atom. The lowest BCUT2D eigenvalue weighted by Gasteiger charge is -2.33. The summed E-state index contributed by atoms with van der Waals surface area (Å²) in [7, 11) is 0. The molecule has 0 aliphatic heterocycles. The van der Waals surface area contributed by atoms with E-state index in [4.69, 9.17) is 0 Å². The lowest BCUT2D eigenvalue weighted by molar-refractivity contribution is -0.188. The van der Waals surface area contributed by atoms with Crippen molar-refractivity contribution >= 4 is 0 Å². The molecule has 2 rings (SSSR count).